The van der Waals surface area contributed by atoms with Gasteiger partial charge in [-0.15, -0.1) is 0 Å². The number of benzene rings is 6. The third-order valence-corrected chi connectivity index (χ3v) is 16.4. The Labute approximate surface area is 511 Å². The number of carbonyl (C=O) groups excluding carboxylic acids is 2. The summed E-state index contributed by atoms with van der Waals surface area (Å²) in [6, 6.07) is 27.5. The summed E-state index contributed by atoms with van der Waals surface area (Å²) in [7, 11) is -6.53. The SMILES string of the molecule is COc1ncc(-c2cc(OCCCC(=O)Nc3ccc(N=Nc4ccc(NC(=O)CCCOc5cc(-c6cnc(OC)c(NS(=O)(=O)c7ccc(F)cc7F)c6)cc6c(C)ncnc56)cc4)cc3)c3ncnc(C)c3c2)cc1NS(=O)(=O)c1ccc(F)cc1F. The molecule has 460 valence electrons. The van der Waals surface area contributed by atoms with Crippen LogP contribution in [0, 0.1) is 37.1 Å². The van der Waals surface area contributed by atoms with Crippen LogP contribution in [-0.2, 0) is 29.6 Å². The van der Waals surface area contributed by atoms with Crippen molar-refractivity contribution in [3.63, 3.8) is 0 Å². The molecular weight excluding hydrogens is 1210 g/mol. The fourth-order valence-electron chi connectivity index (χ4n) is 9.17. The van der Waals surface area contributed by atoms with Crippen molar-refractivity contribution in [3.8, 4) is 45.5 Å². The quantitative estimate of drug-likeness (QED) is 0.0248. The van der Waals surface area contributed by atoms with Crippen molar-refractivity contribution >= 4 is 87.8 Å². The van der Waals surface area contributed by atoms with E-state index in [1.165, 1.54) is 51.4 Å². The smallest absolute Gasteiger partial charge is 0.264 e. The van der Waals surface area contributed by atoms with Gasteiger partial charge in [-0.1, -0.05) is 0 Å². The summed E-state index contributed by atoms with van der Waals surface area (Å²) in [4.78, 5) is 50.5. The maximum Gasteiger partial charge on any atom is 0.264 e. The molecule has 0 saturated heterocycles. The van der Waals surface area contributed by atoms with E-state index < -0.39 is 53.1 Å². The van der Waals surface area contributed by atoms with Crippen LogP contribution in [0.5, 0.6) is 23.3 Å². The number of azo groups is 1. The lowest BCUT2D eigenvalue weighted by atomic mass is 10.0. The highest BCUT2D eigenvalue weighted by Crippen LogP contribution is 2.38. The van der Waals surface area contributed by atoms with Gasteiger partial charge in [0.05, 0.1) is 38.8 Å². The molecule has 0 unspecified atom stereocenters. The van der Waals surface area contributed by atoms with Gasteiger partial charge in [-0.3, -0.25) is 19.0 Å². The van der Waals surface area contributed by atoms with Gasteiger partial charge in [0, 0.05) is 82.0 Å². The molecule has 0 aliphatic carbocycles. The first-order valence-corrected chi connectivity index (χ1v) is 30.2. The van der Waals surface area contributed by atoms with Crippen molar-refractivity contribution in [2.24, 2.45) is 10.2 Å². The summed E-state index contributed by atoms with van der Waals surface area (Å²) in [5, 5.41) is 15.6. The molecule has 10 rings (SSSR count). The number of anilines is 4. The van der Waals surface area contributed by atoms with Crippen molar-refractivity contribution < 1.29 is 62.9 Å². The normalized spacial score (nSPS) is 11.6. The second kappa shape index (κ2) is 27.1. The Kier molecular flexibility index (Phi) is 18.8. The molecule has 0 aliphatic rings. The van der Waals surface area contributed by atoms with Gasteiger partial charge in [-0.2, -0.15) is 10.2 Å². The standard InChI is InChI=1S/C62H52F4N12O10S2/c1-35-47-23-37(39-25-51(61(85-3)67-31-39)77-89(81,82)55-19-9-41(63)29-49(55)65)27-53(59(47)71-33-69-35)87-21-5-7-57(79)73-43-11-15-45(16-12-43)75-76-46-17-13-44(14-18-46)74-58(80)8-6-22-88-54-28-38(24-48-36(2)70-34-72-60(48)54)40-26-52(62(86-4)68-32-40)78-90(83,84)56-20-10-42(64)30-50(56)66/h9-20,23-34,77-78H,5-8,21-22H2,1-4H3,(H,73,79)(H,74,80). The van der Waals surface area contributed by atoms with E-state index in [9.17, 15) is 44.0 Å². The number of hydrogen-bond donors (Lipinski definition) is 4. The number of nitrogens with one attached hydrogen (secondary N) is 4. The number of sulfonamides is 2. The van der Waals surface area contributed by atoms with Crippen molar-refractivity contribution in [3.05, 3.63) is 181 Å². The monoisotopic (exact) mass is 1260 g/mol. The number of nitrogens with zero attached hydrogens (tertiary/aromatic N) is 8. The minimum absolute atomic E-state index is 0.101. The van der Waals surface area contributed by atoms with Crippen molar-refractivity contribution in [2.45, 2.75) is 49.3 Å². The molecule has 4 aromatic heterocycles. The lowest BCUT2D eigenvalue weighted by Crippen LogP contribution is -2.16. The number of ether oxygens (including phenoxy) is 4. The Morgan fingerprint density at radius 2 is 0.889 bits per heavy atom. The number of amides is 2. The molecule has 22 nitrogen and oxygen atoms in total. The molecular formula is C62H52F4N12O10S2. The fourth-order valence-corrected chi connectivity index (χ4v) is 11.4. The van der Waals surface area contributed by atoms with E-state index in [1.54, 1.807) is 86.6 Å². The summed E-state index contributed by atoms with van der Waals surface area (Å²) in [6.07, 6.45) is 6.52. The van der Waals surface area contributed by atoms with Crippen LogP contribution in [0.2, 0.25) is 0 Å². The minimum atomic E-state index is -4.55. The second-order valence-electron chi connectivity index (χ2n) is 19.9. The van der Waals surface area contributed by atoms with Gasteiger partial charge in [-0.05, 0) is 147 Å². The topological polar surface area (TPSA) is 290 Å². The molecule has 10 aromatic rings. The van der Waals surface area contributed by atoms with Gasteiger partial charge in [0.25, 0.3) is 20.0 Å². The summed E-state index contributed by atoms with van der Waals surface area (Å²) in [5.41, 5.74) is 5.99. The van der Waals surface area contributed by atoms with Crippen LogP contribution >= 0.6 is 0 Å². The first-order chi connectivity index (χ1) is 43.2. The predicted octanol–water partition coefficient (Wildman–Crippen LogP) is 12.5. The molecule has 0 aliphatic heterocycles. The maximum atomic E-state index is 14.5. The number of pyridine rings is 2. The summed E-state index contributed by atoms with van der Waals surface area (Å²) >= 11 is 0. The van der Waals surface area contributed by atoms with E-state index in [-0.39, 0.29) is 61.0 Å². The number of rotatable bonds is 24. The Balaban J connectivity index is 0.692. The van der Waals surface area contributed by atoms with E-state index in [0.29, 0.717) is 115 Å². The number of aryl methyl sites for hydroxylation is 2. The number of halogens is 4. The molecule has 0 bridgehead atoms. The molecule has 0 saturated carbocycles. The highest BCUT2D eigenvalue weighted by molar-refractivity contribution is 7.93. The molecule has 2 amide bonds. The van der Waals surface area contributed by atoms with Gasteiger partial charge < -0.3 is 29.6 Å². The first kappa shape index (κ1) is 62.3. The molecule has 0 radical (unpaired) electrons. The van der Waals surface area contributed by atoms with Crippen LogP contribution in [0.4, 0.5) is 51.7 Å². The molecule has 0 spiro atoms. The summed E-state index contributed by atoms with van der Waals surface area (Å²) in [6.45, 7) is 3.80. The van der Waals surface area contributed by atoms with Crippen LogP contribution in [0.3, 0.4) is 0 Å². The Morgan fingerprint density at radius 1 is 0.489 bits per heavy atom. The molecule has 28 heteroatoms. The summed E-state index contributed by atoms with van der Waals surface area (Å²) in [5.74, 6) is -4.48. The Hall–Kier alpha value is -10.7. The van der Waals surface area contributed by atoms with Crippen LogP contribution in [0.15, 0.2) is 166 Å². The number of methoxy groups -OCH3 is 2. The Morgan fingerprint density at radius 3 is 1.27 bits per heavy atom. The number of hydrogen-bond acceptors (Lipinski definition) is 18. The minimum Gasteiger partial charge on any atom is -0.491 e. The first-order valence-electron chi connectivity index (χ1n) is 27.3. The van der Waals surface area contributed by atoms with Gasteiger partial charge in [0.2, 0.25) is 23.6 Å². The molecule has 4 heterocycles. The lowest BCUT2D eigenvalue weighted by molar-refractivity contribution is -0.117. The van der Waals surface area contributed by atoms with E-state index in [4.69, 9.17) is 18.9 Å². The lowest BCUT2D eigenvalue weighted by Gasteiger charge is -2.15. The van der Waals surface area contributed by atoms with E-state index in [1.807, 2.05) is 0 Å². The maximum absolute atomic E-state index is 14.5. The van der Waals surface area contributed by atoms with E-state index >= 15 is 0 Å². The second-order valence-corrected chi connectivity index (χ2v) is 23.2. The van der Waals surface area contributed by atoms with Gasteiger partial charge in [0.15, 0.2) is 0 Å². The molecule has 90 heavy (non-hydrogen) atoms. The Bertz CT molecular complexity index is 4360. The van der Waals surface area contributed by atoms with E-state index in [0.717, 1.165) is 24.3 Å². The number of aromatic nitrogens is 6. The van der Waals surface area contributed by atoms with Crippen molar-refractivity contribution in [1.29, 1.82) is 0 Å². The zero-order chi connectivity index (χ0) is 63.7. The zero-order valence-corrected chi connectivity index (χ0v) is 49.7. The molecule has 0 atom stereocenters. The molecule has 4 N–H and O–H groups in total. The fraction of sp³-hybridized carbons (Fsp3) is 0.161. The third kappa shape index (κ3) is 14.8. The summed E-state index contributed by atoms with van der Waals surface area (Å²) < 4.78 is 137. The number of carbonyl (C=O) groups is 2. The van der Waals surface area contributed by atoms with Gasteiger partial charge in [-0.25, -0.2) is 64.3 Å². The number of fused-ring (bicyclic) bond motifs is 2. The third-order valence-electron chi connectivity index (χ3n) is 13.6. The van der Waals surface area contributed by atoms with Crippen LogP contribution in [0.1, 0.15) is 37.1 Å². The highest BCUT2D eigenvalue weighted by atomic mass is 32.2. The molecule has 0 fully saturated rings. The van der Waals surface area contributed by atoms with E-state index in [2.05, 4.69) is 60.2 Å². The van der Waals surface area contributed by atoms with Gasteiger partial charge in [0.1, 0.15) is 79.6 Å². The predicted molar refractivity (Wildman–Crippen MR) is 326 cm³/mol. The molecule has 6 aromatic carbocycles. The average molecular weight is 1270 g/mol. The largest absolute Gasteiger partial charge is 0.491 e. The zero-order valence-electron chi connectivity index (χ0n) is 48.1. The van der Waals surface area contributed by atoms with Crippen molar-refractivity contribution in [1.82, 2.24) is 29.9 Å². The van der Waals surface area contributed by atoms with Crippen molar-refractivity contribution in [2.75, 3.05) is 47.5 Å². The van der Waals surface area contributed by atoms with Gasteiger partial charge >= 0.3 is 0 Å². The van der Waals surface area contributed by atoms with Crippen LogP contribution < -0.4 is 39.0 Å². The average Bonchev–Trinajstić information content (AvgIpc) is 1.06. The highest BCUT2D eigenvalue weighted by Gasteiger charge is 2.25. The van der Waals surface area contributed by atoms with Crippen LogP contribution in [-0.4, -0.2) is 86.0 Å². The van der Waals surface area contributed by atoms with Crippen LogP contribution in [0.25, 0.3) is 44.1 Å².